The molecule has 2 aliphatic heterocycles. The molecule has 2 N–H and O–H groups in total. The lowest BCUT2D eigenvalue weighted by Gasteiger charge is -2.33. The Morgan fingerprint density at radius 2 is 1.92 bits per heavy atom. The zero-order valence-electron chi connectivity index (χ0n) is 14.5. The van der Waals surface area contributed by atoms with Gasteiger partial charge in [0.15, 0.2) is 0 Å². The summed E-state index contributed by atoms with van der Waals surface area (Å²) in [6.45, 7) is 2.75. The van der Waals surface area contributed by atoms with Gasteiger partial charge in [0.1, 0.15) is 0 Å². The number of nitrogens with one attached hydrogen (secondary N) is 2. The maximum Gasteiger partial charge on any atom is 0.317 e. The number of rotatable bonds is 3. The maximum atomic E-state index is 12.5. The molecule has 2 fully saturated rings. The van der Waals surface area contributed by atoms with E-state index in [1.165, 1.54) is 4.90 Å². The second kappa shape index (κ2) is 7.21. The number of piperidine rings is 1. The van der Waals surface area contributed by atoms with E-state index >= 15 is 0 Å². The van der Waals surface area contributed by atoms with Crippen LogP contribution < -0.4 is 15.1 Å². The molecule has 0 unspecified atom stereocenters. The van der Waals surface area contributed by atoms with Crippen LogP contribution in [0.2, 0.25) is 0 Å². The number of carbonyl (C=O) groups is 2. The van der Waals surface area contributed by atoms with E-state index in [0.717, 1.165) is 31.6 Å². The molecule has 1 aromatic carbocycles. The van der Waals surface area contributed by atoms with Crippen LogP contribution in [0.1, 0.15) is 19.3 Å². The second-order valence-corrected chi connectivity index (χ2v) is 6.99. The van der Waals surface area contributed by atoms with Crippen LogP contribution in [0, 0.1) is 0 Å². The number of urea groups is 1. The lowest BCUT2D eigenvalue weighted by molar-refractivity contribution is -0.885. The van der Waals surface area contributed by atoms with E-state index in [0.29, 0.717) is 19.0 Å². The van der Waals surface area contributed by atoms with Gasteiger partial charge in [0.25, 0.3) is 0 Å². The van der Waals surface area contributed by atoms with E-state index in [1.807, 2.05) is 42.3 Å². The highest BCUT2D eigenvalue weighted by Crippen LogP contribution is 2.21. The fourth-order valence-electron chi connectivity index (χ4n) is 3.59. The van der Waals surface area contributed by atoms with Crippen molar-refractivity contribution in [2.45, 2.75) is 31.3 Å². The van der Waals surface area contributed by atoms with Crippen LogP contribution in [-0.4, -0.2) is 62.7 Å². The average molecular weight is 331 g/mol. The number of carbonyl (C=O) groups excluding carboxylic acids is 2. The molecule has 1 aromatic rings. The van der Waals surface area contributed by atoms with Gasteiger partial charge in [-0.25, -0.2) is 4.79 Å². The van der Waals surface area contributed by atoms with Crippen molar-refractivity contribution in [3.63, 3.8) is 0 Å². The highest BCUT2D eigenvalue weighted by atomic mass is 16.2. The third kappa shape index (κ3) is 3.70. The molecule has 3 amide bonds. The van der Waals surface area contributed by atoms with Gasteiger partial charge in [-0.1, -0.05) is 18.2 Å². The summed E-state index contributed by atoms with van der Waals surface area (Å²) in [6.07, 6.45) is 2.44. The molecule has 1 atom stereocenters. The summed E-state index contributed by atoms with van der Waals surface area (Å²) in [5.74, 6) is 0.0667. The molecule has 130 valence electrons. The number of nitrogens with zero attached hydrogens (tertiary/aromatic N) is 2. The number of benzene rings is 1. The Hall–Kier alpha value is -2.08. The molecular weight excluding hydrogens is 304 g/mol. The van der Waals surface area contributed by atoms with Crippen LogP contribution in [0.25, 0.3) is 0 Å². The van der Waals surface area contributed by atoms with Crippen molar-refractivity contribution in [3.8, 4) is 0 Å². The fourth-order valence-corrected chi connectivity index (χ4v) is 3.59. The first-order chi connectivity index (χ1) is 11.5. The Morgan fingerprint density at radius 3 is 2.58 bits per heavy atom. The van der Waals surface area contributed by atoms with Gasteiger partial charge in [-0.3, -0.25) is 4.79 Å². The number of anilines is 1. The van der Waals surface area contributed by atoms with Crippen LogP contribution in [-0.2, 0) is 4.79 Å². The Balaban J connectivity index is 1.54. The summed E-state index contributed by atoms with van der Waals surface area (Å²) in [7, 11) is 4.06. The van der Waals surface area contributed by atoms with Crippen molar-refractivity contribution in [1.82, 2.24) is 10.2 Å². The smallest absolute Gasteiger partial charge is 0.317 e. The summed E-state index contributed by atoms with van der Waals surface area (Å²) >= 11 is 0. The molecule has 2 aliphatic rings. The Morgan fingerprint density at radius 1 is 1.25 bits per heavy atom. The summed E-state index contributed by atoms with van der Waals surface area (Å²) in [6, 6.07) is 9.74. The third-order valence-electron chi connectivity index (χ3n) is 5.20. The average Bonchev–Trinajstić information content (AvgIpc) is 2.96. The van der Waals surface area contributed by atoms with E-state index in [1.54, 1.807) is 4.90 Å². The topological polar surface area (TPSA) is 57.1 Å². The first-order valence-corrected chi connectivity index (χ1v) is 8.74. The third-order valence-corrected chi connectivity index (χ3v) is 5.20. The zero-order chi connectivity index (χ0) is 17.1. The number of likely N-dealkylation sites (tertiary alicyclic amines) is 1. The van der Waals surface area contributed by atoms with Gasteiger partial charge >= 0.3 is 6.03 Å². The van der Waals surface area contributed by atoms with Crippen molar-refractivity contribution >= 4 is 17.6 Å². The van der Waals surface area contributed by atoms with Crippen LogP contribution in [0.4, 0.5) is 10.5 Å². The van der Waals surface area contributed by atoms with Gasteiger partial charge in [0.05, 0.1) is 26.2 Å². The summed E-state index contributed by atoms with van der Waals surface area (Å²) < 4.78 is 0. The number of para-hydroxylation sites is 1. The largest absolute Gasteiger partial charge is 0.337 e. The molecule has 3 rings (SSSR count). The molecule has 0 radical (unpaired) electrons. The van der Waals surface area contributed by atoms with Gasteiger partial charge in [-0.15, -0.1) is 0 Å². The molecule has 2 heterocycles. The van der Waals surface area contributed by atoms with Crippen molar-refractivity contribution in [2.24, 2.45) is 0 Å². The van der Waals surface area contributed by atoms with E-state index < -0.39 is 0 Å². The van der Waals surface area contributed by atoms with Crippen LogP contribution in [0.5, 0.6) is 0 Å². The van der Waals surface area contributed by atoms with E-state index in [9.17, 15) is 9.59 Å². The fraction of sp³-hybridized carbons (Fsp3) is 0.556. The minimum atomic E-state index is -0.121. The molecule has 0 aliphatic carbocycles. The molecule has 6 nitrogen and oxygen atoms in total. The molecule has 24 heavy (non-hydrogen) atoms. The molecule has 6 heteroatoms. The second-order valence-electron chi connectivity index (χ2n) is 6.99. The van der Waals surface area contributed by atoms with Gasteiger partial charge in [-0.2, -0.15) is 0 Å². The highest BCUT2D eigenvalue weighted by Gasteiger charge is 2.33. The van der Waals surface area contributed by atoms with E-state index in [2.05, 4.69) is 12.4 Å². The number of hydrogen-bond donors (Lipinski definition) is 2. The lowest BCUT2D eigenvalue weighted by atomic mass is 10.0. The van der Waals surface area contributed by atoms with Crippen molar-refractivity contribution in [1.29, 1.82) is 0 Å². The maximum absolute atomic E-state index is 12.5. The van der Waals surface area contributed by atoms with E-state index in [4.69, 9.17) is 0 Å². The van der Waals surface area contributed by atoms with E-state index in [-0.39, 0.29) is 18.0 Å². The molecule has 0 bridgehead atoms. The predicted octanol–water partition coefficient (Wildman–Crippen LogP) is 0.110. The molecule has 2 saturated heterocycles. The monoisotopic (exact) mass is 331 g/mol. The first kappa shape index (κ1) is 16.8. The predicted molar refractivity (Wildman–Crippen MR) is 93.1 cm³/mol. The van der Waals surface area contributed by atoms with Crippen LogP contribution in [0.15, 0.2) is 30.3 Å². The van der Waals surface area contributed by atoms with Gasteiger partial charge in [0, 0.05) is 44.6 Å². The molecule has 0 saturated carbocycles. The standard InChI is InChI=1S/C18H26N4O2/c1-20-10-8-15(9-11-20)21(2)18(24)19-14-12-17(23)22(13-14)16-6-4-3-5-7-16/h3-7,14-15H,8-13H2,1-2H3,(H,19,24)/p+1/t14-/m1/s1. The molecule has 0 aromatic heterocycles. The van der Waals surface area contributed by atoms with Crippen molar-refractivity contribution < 1.29 is 14.5 Å². The number of quaternary nitrogens is 1. The summed E-state index contributed by atoms with van der Waals surface area (Å²) in [5, 5.41) is 3.03. The van der Waals surface area contributed by atoms with Gasteiger partial charge in [-0.05, 0) is 12.1 Å². The van der Waals surface area contributed by atoms with Gasteiger partial charge in [0.2, 0.25) is 5.91 Å². The Kier molecular flexibility index (Phi) is 5.04. The molecule has 0 spiro atoms. The van der Waals surface area contributed by atoms with Crippen LogP contribution in [0.3, 0.4) is 0 Å². The minimum absolute atomic E-state index is 0.0627. The number of hydrogen-bond acceptors (Lipinski definition) is 2. The highest BCUT2D eigenvalue weighted by molar-refractivity contribution is 5.96. The Labute approximate surface area is 143 Å². The quantitative estimate of drug-likeness (QED) is 0.826. The SMILES string of the molecule is CN(C(=O)N[C@@H]1CC(=O)N(c2ccccc2)C1)C1CC[NH+](C)CC1. The Bertz CT molecular complexity index is 584. The molecular formula is C18H27N4O2+. The van der Waals surface area contributed by atoms with Crippen molar-refractivity contribution in [2.75, 3.05) is 38.6 Å². The summed E-state index contributed by atoms with van der Waals surface area (Å²) in [4.78, 5) is 29.8. The summed E-state index contributed by atoms with van der Waals surface area (Å²) in [5.41, 5.74) is 0.894. The zero-order valence-corrected chi connectivity index (χ0v) is 14.5. The lowest BCUT2D eigenvalue weighted by Crippen LogP contribution is -3.10. The number of amides is 3. The first-order valence-electron chi connectivity index (χ1n) is 8.74. The minimum Gasteiger partial charge on any atom is -0.337 e. The normalized spacial score (nSPS) is 27.2. The van der Waals surface area contributed by atoms with Gasteiger partial charge < -0.3 is 20.0 Å². The van der Waals surface area contributed by atoms with Crippen molar-refractivity contribution in [3.05, 3.63) is 30.3 Å². The van der Waals surface area contributed by atoms with Crippen LogP contribution >= 0.6 is 0 Å².